The van der Waals surface area contributed by atoms with Crippen LogP contribution in [0.15, 0.2) is 18.3 Å². The zero-order valence-electron chi connectivity index (χ0n) is 14.3. The second kappa shape index (κ2) is 7.37. The van der Waals surface area contributed by atoms with E-state index in [1.165, 1.54) is 11.1 Å². The molecule has 2 amide bonds. The minimum absolute atomic E-state index is 0.0261. The highest BCUT2D eigenvalue weighted by Crippen LogP contribution is 2.13. The molecule has 0 saturated carbocycles. The van der Waals surface area contributed by atoms with Gasteiger partial charge in [-0.1, -0.05) is 0 Å². The number of ether oxygens (including phenoxy) is 2. The third kappa shape index (κ3) is 5.29. The summed E-state index contributed by atoms with van der Waals surface area (Å²) in [6.07, 6.45) is 1.08. The van der Waals surface area contributed by atoms with E-state index in [2.05, 4.69) is 4.98 Å². The van der Waals surface area contributed by atoms with E-state index >= 15 is 0 Å². The number of aromatic nitrogens is 1. The molecule has 8 heteroatoms. The summed E-state index contributed by atoms with van der Waals surface area (Å²) in [4.78, 5) is 31.2. The van der Waals surface area contributed by atoms with E-state index in [4.69, 9.17) is 15.2 Å². The van der Waals surface area contributed by atoms with Gasteiger partial charge in [0.2, 0.25) is 5.91 Å². The third-order valence-electron chi connectivity index (χ3n) is 3.36. The van der Waals surface area contributed by atoms with Gasteiger partial charge in [0.25, 0.3) is 0 Å². The Balaban J connectivity index is 1.76. The lowest BCUT2D eigenvalue weighted by molar-refractivity contribution is -0.136. The van der Waals surface area contributed by atoms with Gasteiger partial charge in [-0.3, -0.25) is 9.69 Å². The van der Waals surface area contributed by atoms with Crippen molar-refractivity contribution in [1.29, 1.82) is 0 Å². The molecule has 1 saturated heterocycles. The number of piperazine rings is 1. The number of hydrogen-bond donors (Lipinski definition) is 1. The number of nitrogens with zero attached hydrogens (tertiary/aromatic N) is 3. The number of anilines is 1. The van der Waals surface area contributed by atoms with Crippen LogP contribution in [0.3, 0.4) is 0 Å². The molecule has 2 heterocycles. The highest BCUT2D eigenvalue weighted by atomic mass is 16.6. The van der Waals surface area contributed by atoms with Crippen LogP contribution in [-0.2, 0) is 9.53 Å². The molecule has 0 spiro atoms. The van der Waals surface area contributed by atoms with Gasteiger partial charge < -0.3 is 20.1 Å². The van der Waals surface area contributed by atoms with Crippen LogP contribution in [0, 0.1) is 0 Å². The monoisotopic (exact) mass is 336 g/mol. The van der Waals surface area contributed by atoms with Crippen molar-refractivity contribution in [1.82, 2.24) is 14.8 Å². The number of carbonyl (C=O) groups excluding carboxylic acids is 2. The van der Waals surface area contributed by atoms with Crippen molar-refractivity contribution in [2.75, 3.05) is 38.5 Å². The summed E-state index contributed by atoms with van der Waals surface area (Å²) in [6, 6.07) is 3.38. The van der Waals surface area contributed by atoms with Crippen molar-refractivity contribution in [2.45, 2.75) is 26.4 Å². The van der Waals surface area contributed by atoms with Gasteiger partial charge in [-0.05, 0) is 32.9 Å². The van der Waals surface area contributed by atoms with Gasteiger partial charge in [-0.15, -0.1) is 0 Å². The Kier molecular flexibility index (Phi) is 5.48. The van der Waals surface area contributed by atoms with Crippen molar-refractivity contribution >= 4 is 17.8 Å². The van der Waals surface area contributed by atoms with Gasteiger partial charge in [0.15, 0.2) is 0 Å². The molecular weight excluding hydrogens is 312 g/mol. The maximum absolute atomic E-state index is 12.2. The Morgan fingerprint density at radius 1 is 1.33 bits per heavy atom. The zero-order chi connectivity index (χ0) is 17.7. The molecule has 1 aliphatic rings. The minimum atomic E-state index is -0.571. The average molecular weight is 336 g/mol. The Labute approximate surface area is 141 Å². The first-order chi connectivity index (χ1) is 11.2. The van der Waals surface area contributed by atoms with Crippen LogP contribution in [-0.4, -0.2) is 65.2 Å². The quantitative estimate of drug-likeness (QED) is 0.885. The molecule has 8 nitrogen and oxygen atoms in total. The molecule has 2 N–H and O–H groups in total. The fourth-order valence-electron chi connectivity index (χ4n) is 2.18. The molecule has 0 atom stereocenters. The van der Waals surface area contributed by atoms with Crippen molar-refractivity contribution in [3.05, 3.63) is 18.3 Å². The van der Waals surface area contributed by atoms with Gasteiger partial charge in [0.1, 0.15) is 30.3 Å². The maximum Gasteiger partial charge on any atom is 0.410 e. The Morgan fingerprint density at radius 2 is 2.08 bits per heavy atom. The molecule has 2 rings (SSSR count). The summed E-state index contributed by atoms with van der Waals surface area (Å²) < 4.78 is 10.8. The number of amides is 2. The number of nitrogen functional groups attached to an aromatic ring is 1. The summed E-state index contributed by atoms with van der Waals surface area (Å²) in [5, 5.41) is 0. The van der Waals surface area contributed by atoms with Crippen molar-refractivity contribution in [3.63, 3.8) is 0 Å². The van der Waals surface area contributed by atoms with Crippen molar-refractivity contribution in [2.24, 2.45) is 0 Å². The number of rotatable bonds is 4. The fraction of sp³-hybridized carbons (Fsp3) is 0.562. The summed E-state index contributed by atoms with van der Waals surface area (Å²) in [5.74, 6) is 0.908. The van der Waals surface area contributed by atoms with Crippen molar-refractivity contribution < 1.29 is 19.1 Å². The second-order valence-electron chi connectivity index (χ2n) is 6.55. The van der Waals surface area contributed by atoms with Crippen LogP contribution in [0.4, 0.5) is 10.6 Å². The fourth-order valence-corrected chi connectivity index (χ4v) is 2.18. The van der Waals surface area contributed by atoms with Crippen molar-refractivity contribution in [3.8, 4) is 5.75 Å². The molecule has 0 aromatic carbocycles. The van der Waals surface area contributed by atoms with Gasteiger partial charge in [-0.2, -0.15) is 0 Å². The van der Waals surface area contributed by atoms with Crippen LogP contribution in [0.25, 0.3) is 0 Å². The lowest BCUT2D eigenvalue weighted by Crippen LogP contribution is -2.53. The molecule has 0 bridgehead atoms. The molecule has 1 aromatic rings. The molecular formula is C16H24N4O4. The lowest BCUT2D eigenvalue weighted by Gasteiger charge is -2.35. The molecule has 0 unspecified atom stereocenters. The summed E-state index contributed by atoms with van der Waals surface area (Å²) in [6.45, 7) is 7.13. The predicted molar refractivity (Wildman–Crippen MR) is 88.5 cm³/mol. The molecule has 1 aliphatic heterocycles. The molecule has 1 aromatic heterocycles. The topological polar surface area (TPSA) is 98.0 Å². The van der Waals surface area contributed by atoms with Crippen LogP contribution in [0.2, 0.25) is 0 Å². The number of carbonyl (C=O) groups is 2. The van der Waals surface area contributed by atoms with E-state index in [0.29, 0.717) is 37.8 Å². The highest BCUT2D eigenvalue weighted by Gasteiger charge is 2.29. The smallest absolute Gasteiger partial charge is 0.410 e. The second-order valence-corrected chi connectivity index (χ2v) is 6.55. The molecule has 0 aliphatic carbocycles. The third-order valence-corrected chi connectivity index (χ3v) is 3.36. The first kappa shape index (κ1) is 17.8. The van der Waals surface area contributed by atoms with E-state index in [9.17, 15) is 9.59 Å². The standard InChI is InChI=1S/C16H24N4O4/c1-16(2,3)24-15(22)20-7-6-19(14(21)11-20)8-9-23-12-4-5-13(17)18-10-12/h4-5,10H,6-9,11H2,1-3H3,(H2,17,18). The van der Waals surface area contributed by atoms with Gasteiger partial charge >= 0.3 is 6.09 Å². The first-order valence-electron chi connectivity index (χ1n) is 7.84. The normalized spacial score (nSPS) is 15.4. The van der Waals surface area contributed by atoms with Gasteiger partial charge in [-0.25, -0.2) is 9.78 Å². The summed E-state index contributed by atoms with van der Waals surface area (Å²) in [7, 11) is 0. The summed E-state index contributed by atoms with van der Waals surface area (Å²) in [5.41, 5.74) is 4.93. The summed E-state index contributed by atoms with van der Waals surface area (Å²) >= 11 is 0. The minimum Gasteiger partial charge on any atom is -0.490 e. The molecule has 0 radical (unpaired) electrons. The first-order valence-corrected chi connectivity index (χ1v) is 7.84. The molecule has 132 valence electrons. The largest absolute Gasteiger partial charge is 0.490 e. The van der Waals surface area contributed by atoms with E-state index in [1.54, 1.807) is 37.8 Å². The van der Waals surface area contributed by atoms with E-state index in [-0.39, 0.29) is 12.5 Å². The zero-order valence-corrected chi connectivity index (χ0v) is 14.3. The molecule has 1 fully saturated rings. The average Bonchev–Trinajstić information content (AvgIpc) is 2.49. The Hall–Kier alpha value is -2.51. The van der Waals surface area contributed by atoms with E-state index in [0.717, 1.165) is 0 Å². The lowest BCUT2D eigenvalue weighted by atomic mass is 10.2. The van der Waals surface area contributed by atoms with Gasteiger partial charge in [0, 0.05) is 13.1 Å². The number of hydrogen-bond acceptors (Lipinski definition) is 6. The van der Waals surface area contributed by atoms with Crippen LogP contribution in [0.5, 0.6) is 5.75 Å². The highest BCUT2D eigenvalue weighted by molar-refractivity contribution is 5.83. The van der Waals surface area contributed by atoms with Crippen LogP contribution >= 0.6 is 0 Å². The van der Waals surface area contributed by atoms with Crippen LogP contribution in [0.1, 0.15) is 20.8 Å². The predicted octanol–water partition coefficient (Wildman–Crippen LogP) is 1.12. The van der Waals surface area contributed by atoms with E-state index in [1.807, 2.05) is 0 Å². The van der Waals surface area contributed by atoms with Crippen LogP contribution < -0.4 is 10.5 Å². The Bertz CT molecular complexity index is 583. The van der Waals surface area contributed by atoms with E-state index < -0.39 is 11.7 Å². The molecule has 24 heavy (non-hydrogen) atoms. The Morgan fingerprint density at radius 3 is 2.67 bits per heavy atom. The number of pyridine rings is 1. The maximum atomic E-state index is 12.2. The number of nitrogens with two attached hydrogens (primary N) is 1. The van der Waals surface area contributed by atoms with Gasteiger partial charge in [0.05, 0.1) is 12.7 Å². The SMILES string of the molecule is CC(C)(C)OC(=O)N1CCN(CCOc2ccc(N)nc2)C(=O)C1.